The Morgan fingerprint density at radius 1 is 1.45 bits per heavy atom. The van der Waals surface area contributed by atoms with Gasteiger partial charge in [0.1, 0.15) is 5.56 Å². The van der Waals surface area contributed by atoms with Crippen molar-refractivity contribution in [1.29, 1.82) is 0 Å². The second-order valence-electron chi connectivity index (χ2n) is 4.59. The van der Waals surface area contributed by atoms with Gasteiger partial charge in [-0.15, -0.1) is 0 Å². The molecule has 1 aromatic carbocycles. The summed E-state index contributed by atoms with van der Waals surface area (Å²) in [5.41, 5.74) is 2.05. The number of benzene rings is 1. The van der Waals surface area contributed by atoms with Gasteiger partial charge in [0.25, 0.3) is 0 Å². The Kier molecular flexibility index (Phi) is 4.57. The number of aryl methyl sites for hydroxylation is 1. The van der Waals surface area contributed by atoms with Crippen LogP contribution in [0.5, 0.6) is 0 Å². The van der Waals surface area contributed by atoms with Gasteiger partial charge in [-0.2, -0.15) is 5.10 Å². The van der Waals surface area contributed by atoms with Crippen molar-refractivity contribution in [3.8, 4) is 0 Å². The van der Waals surface area contributed by atoms with Crippen molar-refractivity contribution >= 4 is 21.9 Å². The van der Waals surface area contributed by atoms with Crippen LogP contribution in [0.3, 0.4) is 0 Å². The molecule has 0 fully saturated rings. The van der Waals surface area contributed by atoms with E-state index in [1.807, 2.05) is 31.2 Å². The first-order valence-electron chi connectivity index (χ1n) is 6.22. The molecule has 0 amide bonds. The third kappa shape index (κ3) is 3.26. The Morgan fingerprint density at radius 2 is 2.10 bits per heavy atom. The van der Waals surface area contributed by atoms with Gasteiger partial charge < -0.3 is 10.4 Å². The van der Waals surface area contributed by atoms with Crippen LogP contribution >= 0.6 is 15.9 Å². The Balaban J connectivity index is 2.07. The van der Waals surface area contributed by atoms with Crippen LogP contribution in [0.25, 0.3) is 0 Å². The summed E-state index contributed by atoms with van der Waals surface area (Å²) in [7, 11) is 1.74. The quantitative estimate of drug-likeness (QED) is 0.880. The summed E-state index contributed by atoms with van der Waals surface area (Å²) in [6.07, 6.45) is 1.38. The van der Waals surface area contributed by atoms with Crippen LogP contribution in [-0.4, -0.2) is 20.9 Å². The maximum atomic E-state index is 11.1. The predicted octanol–water partition coefficient (Wildman–Crippen LogP) is 2.73. The van der Waals surface area contributed by atoms with Gasteiger partial charge in [-0.3, -0.25) is 4.68 Å². The fraction of sp³-hybridized carbons (Fsp3) is 0.286. The zero-order valence-corrected chi connectivity index (χ0v) is 12.9. The number of hydrogen-bond donors (Lipinski definition) is 2. The number of carboxylic acids is 1. The zero-order chi connectivity index (χ0) is 14.7. The third-order valence-electron chi connectivity index (χ3n) is 3.24. The van der Waals surface area contributed by atoms with Crippen LogP contribution in [0, 0.1) is 0 Å². The number of carbonyl (C=O) groups is 1. The molecule has 1 atom stereocenters. The number of nitrogens with zero attached hydrogens (tertiary/aromatic N) is 2. The van der Waals surface area contributed by atoms with Crippen LogP contribution in [0.15, 0.2) is 34.9 Å². The fourth-order valence-corrected chi connectivity index (χ4v) is 2.23. The molecule has 0 aliphatic heterocycles. The zero-order valence-electron chi connectivity index (χ0n) is 11.3. The maximum absolute atomic E-state index is 11.1. The van der Waals surface area contributed by atoms with Crippen molar-refractivity contribution in [2.24, 2.45) is 7.05 Å². The molecule has 1 heterocycles. The number of nitrogens with one attached hydrogen (secondary N) is 1. The normalized spacial score (nSPS) is 12.3. The van der Waals surface area contributed by atoms with Crippen molar-refractivity contribution < 1.29 is 9.90 Å². The Labute approximate surface area is 125 Å². The first-order valence-corrected chi connectivity index (χ1v) is 7.01. The van der Waals surface area contributed by atoms with E-state index in [-0.39, 0.29) is 11.6 Å². The molecule has 0 saturated heterocycles. The highest BCUT2D eigenvalue weighted by Gasteiger charge is 2.15. The molecule has 0 aliphatic carbocycles. The summed E-state index contributed by atoms with van der Waals surface area (Å²) in [4.78, 5) is 11.1. The van der Waals surface area contributed by atoms with Gasteiger partial charge in [-0.25, -0.2) is 4.79 Å². The van der Waals surface area contributed by atoms with Crippen molar-refractivity contribution in [1.82, 2.24) is 15.1 Å². The number of hydrogen-bond acceptors (Lipinski definition) is 3. The molecule has 0 saturated carbocycles. The first-order chi connectivity index (χ1) is 9.49. The Morgan fingerprint density at radius 3 is 2.70 bits per heavy atom. The molecule has 2 aromatic rings. The molecule has 0 spiro atoms. The summed E-state index contributed by atoms with van der Waals surface area (Å²) < 4.78 is 2.62. The van der Waals surface area contributed by atoms with Crippen molar-refractivity contribution in [3.05, 3.63) is 51.8 Å². The topological polar surface area (TPSA) is 67.2 Å². The highest BCUT2D eigenvalue weighted by Crippen LogP contribution is 2.17. The molecule has 1 aromatic heterocycles. The number of rotatable bonds is 5. The van der Waals surface area contributed by atoms with E-state index in [1.54, 1.807) is 11.7 Å². The molecular weight excluding hydrogens is 322 g/mol. The third-order valence-corrected chi connectivity index (χ3v) is 3.77. The van der Waals surface area contributed by atoms with E-state index < -0.39 is 5.97 Å². The minimum atomic E-state index is -0.953. The standard InChI is InChI=1S/C14H16BrN3O2/c1-9(10-3-5-11(15)6-4-10)16-8-13-12(14(19)20)7-17-18(13)2/h3-7,9,16H,8H2,1-2H3,(H,19,20). The van der Waals surface area contributed by atoms with Crippen molar-refractivity contribution in [2.45, 2.75) is 19.5 Å². The lowest BCUT2D eigenvalue weighted by molar-refractivity contribution is 0.0695. The highest BCUT2D eigenvalue weighted by molar-refractivity contribution is 9.10. The molecule has 1 unspecified atom stereocenters. The van der Waals surface area contributed by atoms with E-state index in [4.69, 9.17) is 5.11 Å². The minimum absolute atomic E-state index is 0.125. The molecule has 5 nitrogen and oxygen atoms in total. The average Bonchev–Trinajstić information content (AvgIpc) is 2.78. The lowest BCUT2D eigenvalue weighted by Gasteiger charge is -2.15. The smallest absolute Gasteiger partial charge is 0.339 e. The predicted molar refractivity (Wildman–Crippen MR) is 79.6 cm³/mol. The molecule has 0 radical (unpaired) electrons. The highest BCUT2D eigenvalue weighted by atomic mass is 79.9. The fourth-order valence-electron chi connectivity index (χ4n) is 1.97. The van der Waals surface area contributed by atoms with E-state index in [0.717, 1.165) is 10.0 Å². The van der Waals surface area contributed by atoms with Gasteiger partial charge >= 0.3 is 5.97 Å². The molecule has 0 aliphatic rings. The maximum Gasteiger partial charge on any atom is 0.339 e. The summed E-state index contributed by atoms with van der Waals surface area (Å²) in [6.45, 7) is 2.50. The summed E-state index contributed by atoms with van der Waals surface area (Å²) in [5, 5.41) is 16.4. The van der Waals surface area contributed by atoms with Gasteiger partial charge in [-0.1, -0.05) is 28.1 Å². The molecule has 2 rings (SSSR count). The van der Waals surface area contributed by atoms with Crippen LogP contribution in [-0.2, 0) is 13.6 Å². The number of aromatic nitrogens is 2. The SMILES string of the molecule is CC(NCc1c(C(=O)O)cnn1C)c1ccc(Br)cc1. The van der Waals surface area contributed by atoms with Crippen LogP contribution in [0.2, 0.25) is 0 Å². The van der Waals surface area contributed by atoms with Crippen LogP contribution in [0.4, 0.5) is 0 Å². The van der Waals surface area contributed by atoms with Crippen LogP contribution in [0.1, 0.15) is 34.6 Å². The second kappa shape index (κ2) is 6.19. The lowest BCUT2D eigenvalue weighted by atomic mass is 10.1. The van der Waals surface area contributed by atoms with Crippen molar-refractivity contribution in [3.63, 3.8) is 0 Å². The lowest BCUT2D eigenvalue weighted by Crippen LogP contribution is -2.21. The Hall–Kier alpha value is -1.66. The largest absolute Gasteiger partial charge is 0.478 e. The summed E-state index contributed by atoms with van der Waals surface area (Å²) in [5.74, 6) is -0.953. The molecule has 2 N–H and O–H groups in total. The van der Waals surface area contributed by atoms with Gasteiger partial charge in [0, 0.05) is 24.1 Å². The first kappa shape index (κ1) is 14.7. The molecule has 106 valence electrons. The monoisotopic (exact) mass is 337 g/mol. The van der Waals surface area contributed by atoms with Gasteiger partial charge in [0.05, 0.1) is 11.9 Å². The molecular formula is C14H16BrN3O2. The van der Waals surface area contributed by atoms with E-state index in [0.29, 0.717) is 12.2 Å². The second-order valence-corrected chi connectivity index (χ2v) is 5.50. The molecule has 6 heteroatoms. The van der Waals surface area contributed by atoms with E-state index >= 15 is 0 Å². The molecule has 0 bridgehead atoms. The van der Waals surface area contributed by atoms with E-state index in [2.05, 4.69) is 26.3 Å². The number of halogens is 1. The van der Waals surface area contributed by atoms with E-state index in [9.17, 15) is 4.79 Å². The minimum Gasteiger partial charge on any atom is -0.478 e. The summed E-state index contributed by atoms with van der Waals surface area (Å²) >= 11 is 3.40. The Bertz CT molecular complexity index is 607. The number of aromatic carboxylic acids is 1. The van der Waals surface area contributed by atoms with Crippen molar-refractivity contribution in [2.75, 3.05) is 0 Å². The van der Waals surface area contributed by atoms with E-state index in [1.165, 1.54) is 6.20 Å². The van der Waals surface area contributed by atoms with Gasteiger partial charge in [0.2, 0.25) is 0 Å². The molecule has 20 heavy (non-hydrogen) atoms. The number of carboxylic acid groups (broad SMARTS) is 1. The average molecular weight is 338 g/mol. The van der Waals surface area contributed by atoms with Crippen LogP contribution < -0.4 is 5.32 Å². The van der Waals surface area contributed by atoms with Gasteiger partial charge in [0.15, 0.2) is 0 Å². The summed E-state index contributed by atoms with van der Waals surface area (Å²) in [6, 6.07) is 8.16. The van der Waals surface area contributed by atoms with Gasteiger partial charge in [-0.05, 0) is 24.6 Å².